The van der Waals surface area contributed by atoms with Gasteiger partial charge in [0.25, 0.3) is 0 Å². The fourth-order valence-corrected chi connectivity index (χ4v) is 1.49. The Morgan fingerprint density at radius 1 is 1.18 bits per heavy atom. The van der Waals surface area contributed by atoms with Gasteiger partial charge in [-0.1, -0.05) is 24.3 Å². The van der Waals surface area contributed by atoms with E-state index in [4.69, 9.17) is 4.74 Å². The third-order valence-electron chi connectivity index (χ3n) is 2.41. The largest absolute Gasteiger partial charge is 0.485 e. The lowest BCUT2D eigenvalue weighted by atomic mass is 10.0. The standard InChI is InChI=1S/C14H12O3/c15-12-8-6-11(7-9-12)14(16)10-17-13-4-2-1-3-5-13/h1-8H,9-10H2. The molecule has 0 aromatic heterocycles. The highest BCUT2D eigenvalue weighted by Crippen LogP contribution is 2.11. The molecule has 1 aliphatic carbocycles. The summed E-state index contributed by atoms with van der Waals surface area (Å²) >= 11 is 0. The summed E-state index contributed by atoms with van der Waals surface area (Å²) in [5.41, 5.74) is 0.542. The van der Waals surface area contributed by atoms with Crippen LogP contribution in [0, 0.1) is 0 Å². The number of benzene rings is 1. The van der Waals surface area contributed by atoms with Gasteiger partial charge in [-0.2, -0.15) is 0 Å². The Kier molecular flexibility index (Phi) is 3.50. The summed E-state index contributed by atoms with van der Waals surface area (Å²) in [6.07, 6.45) is 4.90. The number of para-hydroxylation sites is 1. The number of allylic oxidation sites excluding steroid dienone is 3. The van der Waals surface area contributed by atoms with Crippen molar-refractivity contribution in [2.75, 3.05) is 6.61 Å². The maximum Gasteiger partial charge on any atom is 0.199 e. The molecule has 0 heterocycles. The number of hydrogen-bond donors (Lipinski definition) is 0. The van der Waals surface area contributed by atoms with Crippen LogP contribution in [0.1, 0.15) is 6.42 Å². The first kappa shape index (κ1) is 11.3. The number of hydrogen-bond acceptors (Lipinski definition) is 3. The first-order valence-electron chi connectivity index (χ1n) is 5.38. The lowest BCUT2D eigenvalue weighted by Crippen LogP contribution is -2.14. The van der Waals surface area contributed by atoms with Crippen LogP contribution in [0.4, 0.5) is 0 Å². The molecule has 0 radical (unpaired) electrons. The highest BCUT2D eigenvalue weighted by Gasteiger charge is 2.11. The smallest absolute Gasteiger partial charge is 0.199 e. The van der Waals surface area contributed by atoms with Gasteiger partial charge in [0.15, 0.2) is 18.2 Å². The van der Waals surface area contributed by atoms with Crippen LogP contribution < -0.4 is 4.74 Å². The number of carbonyl (C=O) groups is 2. The van der Waals surface area contributed by atoms with Crippen molar-refractivity contribution in [3.63, 3.8) is 0 Å². The average Bonchev–Trinajstić information content (AvgIpc) is 2.38. The molecule has 3 heteroatoms. The summed E-state index contributed by atoms with van der Waals surface area (Å²) in [6, 6.07) is 9.16. The van der Waals surface area contributed by atoms with Gasteiger partial charge >= 0.3 is 0 Å². The highest BCUT2D eigenvalue weighted by atomic mass is 16.5. The number of ether oxygens (including phenoxy) is 1. The number of ketones is 2. The van der Waals surface area contributed by atoms with E-state index in [0.29, 0.717) is 17.7 Å². The summed E-state index contributed by atoms with van der Waals surface area (Å²) < 4.78 is 5.34. The predicted molar refractivity (Wildman–Crippen MR) is 63.8 cm³/mol. The van der Waals surface area contributed by atoms with Crippen molar-refractivity contribution >= 4 is 11.6 Å². The Morgan fingerprint density at radius 2 is 1.94 bits per heavy atom. The minimum absolute atomic E-state index is 0.00558. The average molecular weight is 228 g/mol. The van der Waals surface area contributed by atoms with E-state index in [2.05, 4.69) is 0 Å². The van der Waals surface area contributed by atoms with Gasteiger partial charge in [-0.3, -0.25) is 9.59 Å². The second-order valence-corrected chi connectivity index (χ2v) is 3.69. The highest BCUT2D eigenvalue weighted by molar-refractivity contribution is 6.04. The normalized spacial score (nSPS) is 14.4. The SMILES string of the molecule is O=C1C=CC(C(=O)COc2ccccc2)=CC1. The molecular formula is C14H12O3. The maximum atomic E-state index is 11.7. The van der Waals surface area contributed by atoms with Crippen LogP contribution >= 0.6 is 0 Å². The molecule has 3 nitrogen and oxygen atoms in total. The molecule has 0 saturated carbocycles. The van der Waals surface area contributed by atoms with Crippen molar-refractivity contribution in [2.45, 2.75) is 6.42 Å². The van der Waals surface area contributed by atoms with E-state index in [-0.39, 0.29) is 18.2 Å². The number of carbonyl (C=O) groups excluding carboxylic acids is 2. The lowest BCUT2D eigenvalue weighted by Gasteiger charge is -2.07. The minimum atomic E-state index is -0.113. The Morgan fingerprint density at radius 3 is 2.59 bits per heavy atom. The van der Waals surface area contributed by atoms with E-state index < -0.39 is 0 Å². The predicted octanol–water partition coefficient (Wildman–Crippen LogP) is 2.09. The van der Waals surface area contributed by atoms with Gasteiger partial charge in [0.2, 0.25) is 0 Å². The van der Waals surface area contributed by atoms with Crippen molar-refractivity contribution in [1.82, 2.24) is 0 Å². The van der Waals surface area contributed by atoms with Crippen molar-refractivity contribution in [3.05, 3.63) is 54.1 Å². The lowest BCUT2D eigenvalue weighted by molar-refractivity contribution is -0.117. The molecule has 1 aliphatic rings. The quantitative estimate of drug-likeness (QED) is 0.792. The van der Waals surface area contributed by atoms with Crippen molar-refractivity contribution in [3.8, 4) is 5.75 Å². The van der Waals surface area contributed by atoms with Gasteiger partial charge in [-0.05, 0) is 24.3 Å². The van der Waals surface area contributed by atoms with Gasteiger partial charge in [-0.15, -0.1) is 0 Å². The Balaban J connectivity index is 1.90. The van der Waals surface area contributed by atoms with Gasteiger partial charge in [-0.25, -0.2) is 0 Å². The van der Waals surface area contributed by atoms with Gasteiger partial charge in [0.1, 0.15) is 5.75 Å². The maximum absolute atomic E-state index is 11.7. The van der Waals surface area contributed by atoms with E-state index in [1.165, 1.54) is 6.08 Å². The molecule has 0 bridgehead atoms. The number of rotatable bonds is 4. The van der Waals surface area contributed by atoms with Crippen LogP contribution in [-0.2, 0) is 9.59 Å². The van der Waals surface area contributed by atoms with E-state index in [1.54, 1.807) is 24.3 Å². The van der Waals surface area contributed by atoms with Crippen LogP contribution in [0.15, 0.2) is 54.1 Å². The summed E-state index contributed by atoms with van der Waals surface area (Å²) in [5, 5.41) is 0. The first-order valence-corrected chi connectivity index (χ1v) is 5.38. The van der Waals surface area contributed by atoms with Gasteiger partial charge in [0, 0.05) is 12.0 Å². The van der Waals surface area contributed by atoms with Gasteiger partial charge in [0.05, 0.1) is 0 Å². The molecule has 86 valence electrons. The molecule has 0 spiro atoms. The topological polar surface area (TPSA) is 43.4 Å². The van der Waals surface area contributed by atoms with Crippen LogP contribution in [0.2, 0.25) is 0 Å². The molecule has 1 aromatic rings. The second-order valence-electron chi connectivity index (χ2n) is 3.69. The number of Topliss-reactive ketones (excluding diaryl/α,β-unsaturated/α-hetero) is 1. The minimum Gasteiger partial charge on any atom is -0.485 e. The van der Waals surface area contributed by atoms with Crippen molar-refractivity contribution in [1.29, 1.82) is 0 Å². The fourth-order valence-electron chi connectivity index (χ4n) is 1.49. The summed E-state index contributed by atoms with van der Waals surface area (Å²) in [5.74, 6) is 0.570. The Hall–Kier alpha value is -2.16. The molecule has 0 fully saturated rings. The first-order chi connectivity index (χ1) is 8.25. The van der Waals surface area contributed by atoms with Crippen LogP contribution in [0.3, 0.4) is 0 Å². The van der Waals surface area contributed by atoms with Gasteiger partial charge < -0.3 is 4.74 Å². The molecule has 2 rings (SSSR count). The molecule has 0 N–H and O–H groups in total. The molecule has 0 aliphatic heterocycles. The molecule has 0 unspecified atom stereocenters. The zero-order valence-corrected chi connectivity index (χ0v) is 9.26. The summed E-state index contributed by atoms with van der Waals surface area (Å²) in [6.45, 7) is -0.00558. The van der Waals surface area contributed by atoms with Crippen LogP contribution in [0.25, 0.3) is 0 Å². The molecule has 0 amide bonds. The molecule has 0 saturated heterocycles. The van der Waals surface area contributed by atoms with E-state index in [0.717, 1.165) is 0 Å². The van der Waals surface area contributed by atoms with Crippen LogP contribution in [0.5, 0.6) is 5.75 Å². The fraction of sp³-hybridized carbons (Fsp3) is 0.143. The third kappa shape index (κ3) is 3.14. The Labute approximate surface area is 99.4 Å². The van der Waals surface area contributed by atoms with Crippen LogP contribution in [-0.4, -0.2) is 18.2 Å². The molecule has 0 atom stereocenters. The Bertz CT molecular complexity index is 483. The monoisotopic (exact) mass is 228 g/mol. The van der Waals surface area contributed by atoms with E-state index in [9.17, 15) is 9.59 Å². The summed E-state index contributed by atoms with van der Waals surface area (Å²) in [7, 11) is 0. The summed E-state index contributed by atoms with van der Waals surface area (Å²) in [4.78, 5) is 22.7. The zero-order valence-electron chi connectivity index (χ0n) is 9.26. The van der Waals surface area contributed by atoms with Crippen molar-refractivity contribution in [2.24, 2.45) is 0 Å². The van der Waals surface area contributed by atoms with E-state index >= 15 is 0 Å². The van der Waals surface area contributed by atoms with Crippen molar-refractivity contribution < 1.29 is 14.3 Å². The molecular weight excluding hydrogens is 216 g/mol. The zero-order chi connectivity index (χ0) is 12.1. The molecule has 1 aromatic carbocycles. The molecule has 17 heavy (non-hydrogen) atoms. The second kappa shape index (κ2) is 5.25. The third-order valence-corrected chi connectivity index (χ3v) is 2.41. The van der Waals surface area contributed by atoms with E-state index in [1.807, 2.05) is 18.2 Å².